The van der Waals surface area contributed by atoms with E-state index in [2.05, 4.69) is 5.32 Å². The summed E-state index contributed by atoms with van der Waals surface area (Å²) in [5.74, 6) is 0.664. The summed E-state index contributed by atoms with van der Waals surface area (Å²) in [6.07, 6.45) is 1.24. The number of amides is 2. The molecule has 0 aliphatic carbocycles. The highest BCUT2D eigenvalue weighted by atomic mass is 16.5. The Kier molecular flexibility index (Phi) is 4.52. The number of rotatable bonds is 3. The minimum absolute atomic E-state index is 0.0161. The zero-order chi connectivity index (χ0) is 16.4. The minimum atomic E-state index is -0.0290. The molecule has 2 aliphatic heterocycles. The number of hydrogen-bond donors (Lipinski definition) is 1. The normalized spacial score (nSPS) is 23.9. The zero-order valence-corrected chi connectivity index (χ0v) is 13.5. The molecule has 1 aromatic rings. The van der Waals surface area contributed by atoms with Crippen LogP contribution >= 0.6 is 0 Å². The number of aryl methyl sites for hydroxylation is 1. The van der Waals surface area contributed by atoms with Crippen molar-refractivity contribution < 1.29 is 19.1 Å². The van der Waals surface area contributed by atoms with Gasteiger partial charge in [-0.25, -0.2) is 0 Å². The van der Waals surface area contributed by atoms with E-state index in [0.717, 1.165) is 11.3 Å². The molecule has 1 saturated heterocycles. The second kappa shape index (κ2) is 6.58. The summed E-state index contributed by atoms with van der Waals surface area (Å²) in [7, 11) is 0. The van der Waals surface area contributed by atoms with Crippen molar-refractivity contribution in [3.05, 3.63) is 23.8 Å². The number of carbonyl (C=O) groups is 2. The first-order chi connectivity index (χ1) is 11.0. The lowest BCUT2D eigenvalue weighted by Crippen LogP contribution is -2.51. The van der Waals surface area contributed by atoms with E-state index in [1.165, 1.54) is 0 Å². The molecule has 0 bridgehead atoms. The van der Waals surface area contributed by atoms with Crippen LogP contribution in [0.25, 0.3) is 0 Å². The van der Waals surface area contributed by atoms with Gasteiger partial charge in [0.15, 0.2) is 6.61 Å². The standard InChI is InChI=1S/C17H22N2O4/c1-11-9-22-12(2)8-19(11)17(21)10-23-14-4-5-15-13(7-14)3-6-16(20)18-15/h4-5,7,11-12H,3,6,8-10H2,1-2H3,(H,18,20). The largest absolute Gasteiger partial charge is 0.484 e. The molecule has 2 aliphatic rings. The fourth-order valence-corrected chi connectivity index (χ4v) is 2.93. The summed E-state index contributed by atoms with van der Waals surface area (Å²) >= 11 is 0. The Labute approximate surface area is 135 Å². The average Bonchev–Trinajstić information content (AvgIpc) is 2.54. The van der Waals surface area contributed by atoms with Crippen LogP contribution < -0.4 is 10.1 Å². The Morgan fingerprint density at radius 1 is 1.39 bits per heavy atom. The predicted octanol–water partition coefficient (Wildman–Crippen LogP) is 1.59. The van der Waals surface area contributed by atoms with Gasteiger partial charge < -0.3 is 19.7 Å². The van der Waals surface area contributed by atoms with Crippen LogP contribution in [0.2, 0.25) is 0 Å². The van der Waals surface area contributed by atoms with E-state index in [9.17, 15) is 9.59 Å². The van der Waals surface area contributed by atoms with Crippen molar-refractivity contribution in [1.29, 1.82) is 0 Å². The highest BCUT2D eigenvalue weighted by molar-refractivity contribution is 5.94. The molecule has 2 unspecified atom stereocenters. The predicted molar refractivity (Wildman–Crippen MR) is 85.5 cm³/mol. The highest BCUT2D eigenvalue weighted by Crippen LogP contribution is 2.26. The number of fused-ring (bicyclic) bond motifs is 1. The molecule has 3 rings (SSSR count). The maximum atomic E-state index is 12.3. The van der Waals surface area contributed by atoms with Crippen molar-refractivity contribution in [3.63, 3.8) is 0 Å². The molecule has 2 heterocycles. The highest BCUT2D eigenvalue weighted by Gasteiger charge is 2.27. The van der Waals surface area contributed by atoms with Gasteiger partial charge in [0, 0.05) is 18.7 Å². The van der Waals surface area contributed by atoms with Crippen LogP contribution in [-0.4, -0.2) is 48.6 Å². The number of benzene rings is 1. The van der Waals surface area contributed by atoms with Gasteiger partial charge in [-0.3, -0.25) is 9.59 Å². The fraction of sp³-hybridized carbons (Fsp3) is 0.529. The van der Waals surface area contributed by atoms with Crippen LogP contribution in [0.4, 0.5) is 5.69 Å². The molecular formula is C17H22N2O4. The lowest BCUT2D eigenvalue weighted by molar-refractivity contribution is -0.145. The monoisotopic (exact) mass is 318 g/mol. The summed E-state index contributed by atoms with van der Waals surface area (Å²) in [4.78, 5) is 25.5. The van der Waals surface area contributed by atoms with Crippen LogP contribution in [0.15, 0.2) is 18.2 Å². The molecule has 1 N–H and O–H groups in total. The number of anilines is 1. The van der Waals surface area contributed by atoms with E-state index in [-0.39, 0.29) is 30.6 Å². The second-order valence-electron chi connectivity index (χ2n) is 6.19. The first-order valence-corrected chi connectivity index (χ1v) is 7.99. The second-order valence-corrected chi connectivity index (χ2v) is 6.19. The van der Waals surface area contributed by atoms with E-state index < -0.39 is 0 Å². The van der Waals surface area contributed by atoms with Crippen LogP contribution in [-0.2, 0) is 20.7 Å². The first kappa shape index (κ1) is 15.8. The molecule has 1 fully saturated rings. The topological polar surface area (TPSA) is 67.9 Å². The van der Waals surface area contributed by atoms with Crippen LogP contribution in [0.3, 0.4) is 0 Å². The van der Waals surface area contributed by atoms with Gasteiger partial charge in [0.05, 0.1) is 18.8 Å². The molecule has 23 heavy (non-hydrogen) atoms. The molecule has 2 atom stereocenters. The third-order valence-electron chi connectivity index (χ3n) is 4.26. The summed E-state index contributed by atoms with van der Waals surface area (Å²) in [6, 6.07) is 5.57. The van der Waals surface area contributed by atoms with Gasteiger partial charge in [-0.2, -0.15) is 0 Å². The number of nitrogens with one attached hydrogen (secondary N) is 1. The van der Waals surface area contributed by atoms with Crippen molar-refractivity contribution in [2.75, 3.05) is 25.1 Å². The SMILES string of the molecule is CC1CN(C(=O)COc2ccc3c(c2)CCC(=O)N3)C(C)CO1. The number of hydrogen-bond acceptors (Lipinski definition) is 4. The van der Waals surface area contributed by atoms with Crippen molar-refractivity contribution in [3.8, 4) is 5.75 Å². The van der Waals surface area contributed by atoms with Crippen LogP contribution in [0.1, 0.15) is 25.8 Å². The van der Waals surface area contributed by atoms with Gasteiger partial charge in [-0.15, -0.1) is 0 Å². The lowest BCUT2D eigenvalue weighted by atomic mass is 10.0. The molecule has 0 saturated carbocycles. The number of nitrogens with zero attached hydrogens (tertiary/aromatic N) is 1. The maximum Gasteiger partial charge on any atom is 0.260 e. The maximum absolute atomic E-state index is 12.3. The van der Waals surface area contributed by atoms with Crippen molar-refractivity contribution in [1.82, 2.24) is 4.90 Å². The summed E-state index contributed by atoms with van der Waals surface area (Å²) < 4.78 is 11.2. The number of morpholine rings is 1. The van der Waals surface area contributed by atoms with Gasteiger partial charge in [-0.1, -0.05) is 0 Å². The van der Waals surface area contributed by atoms with Gasteiger partial charge >= 0.3 is 0 Å². The molecule has 124 valence electrons. The van der Waals surface area contributed by atoms with Crippen LogP contribution in [0.5, 0.6) is 5.75 Å². The molecule has 0 spiro atoms. The molecule has 6 nitrogen and oxygen atoms in total. The van der Waals surface area contributed by atoms with Gasteiger partial charge in [0.25, 0.3) is 5.91 Å². The van der Waals surface area contributed by atoms with E-state index >= 15 is 0 Å². The minimum Gasteiger partial charge on any atom is -0.484 e. The smallest absolute Gasteiger partial charge is 0.260 e. The lowest BCUT2D eigenvalue weighted by Gasteiger charge is -2.36. The Morgan fingerprint density at radius 3 is 3.04 bits per heavy atom. The van der Waals surface area contributed by atoms with Gasteiger partial charge in [0.2, 0.25) is 5.91 Å². The summed E-state index contributed by atoms with van der Waals surface area (Å²) in [6.45, 7) is 5.11. The number of carbonyl (C=O) groups excluding carboxylic acids is 2. The van der Waals surface area contributed by atoms with Crippen molar-refractivity contribution >= 4 is 17.5 Å². The molecule has 0 aromatic heterocycles. The van der Waals surface area contributed by atoms with Crippen molar-refractivity contribution in [2.24, 2.45) is 0 Å². The quantitative estimate of drug-likeness (QED) is 0.919. The Balaban J connectivity index is 1.60. The molecule has 1 aromatic carbocycles. The fourth-order valence-electron chi connectivity index (χ4n) is 2.93. The van der Waals surface area contributed by atoms with Crippen molar-refractivity contribution in [2.45, 2.75) is 38.8 Å². The zero-order valence-electron chi connectivity index (χ0n) is 13.5. The molecular weight excluding hydrogens is 296 g/mol. The van der Waals surface area contributed by atoms with E-state index in [1.54, 1.807) is 6.07 Å². The third kappa shape index (κ3) is 3.64. The van der Waals surface area contributed by atoms with E-state index in [0.29, 0.717) is 31.7 Å². The van der Waals surface area contributed by atoms with E-state index in [4.69, 9.17) is 9.47 Å². The number of ether oxygens (including phenoxy) is 2. The average molecular weight is 318 g/mol. The van der Waals surface area contributed by atoms with E-state index in [1.807, 2.05) is 30.9 Å². The molecule has 0 radical (unpaired) electrons. The first-order valence-electron chi connectivity index (χ1n) is 7.99. The van der Waals surface area contributed by atoms with Crippen LogP contribution in [0, 0.1) is 0 Å². The molecule has 6 heteroatoms. The summed E-state index contributed by atoms with van der Waals surface area (Å²) in [5.41, 5.74) is 1.87. The van der Waals surface area contributed by atoms with Gasteiger partial charge in [-0.05, 0) is 44.0 Å². The Bertz CT molecular complexity index is 617. The summed E-state index contributed by atoms with van der Waals surface area (Å²) in [5, 5.41) is 2.83. The Morgan fingerprint density at radius 2 is 2.22 bits per heavy atom. The van der Waals surface area contributed by atoms with Gasteiger partial charge in [0.1, 0.15) is 5.75 Å². The molecule has 2 amide bonds. The Hall–Kier alpha value is -2.08. The third-order valence-corrected chi connectivity index (χ3v) is 4.26.